The Kier molecular flexibility index (Phi) is 5.46. The van der Waals surface area contributed by atoms with E-state index < -0.39 is 0 Å². The van der Waals surface area contributed by atoms with Gasteiger partial charge < -0.3 is 9.80 Å². The standard InChI is InChI=1S/C22H23FN4O2/c23-18-8-4-5-9-20(18)25-12-14-26(15-13-25)22(29)16-27-21(28)11-10-19(24-27)17-6-2-1-3-7-17/h1-10,24H,11-16H2. The van der Waals surface area contributed by atoms with E-state index in [9.17, 15) is 14.0 Å². The lowest BCUT2D eigenvalue weighted by Gasteiger charge is -2.37. The fourth-order valence-electron chi connectivity index (χ4n) is 3.62. The van der Waals surface area contributed by atoms with Crippen molar-refractivity contribution in [1.82, 2.24) is 15.3 Å². The Bertz CT molecular complexity index is 923. The number of amides is 2. The molecule has 6 nitrogen and oxygen atoms in total. The fourth-order valence-corrected chi connectivity index (χ4v) is 3.62. The van der Waals surface area contributed by atoms with Crippen LogP contribution >= 0.6 is 0 Å². The van der Waals surface area contributed by atoms with Gasteiger partial charge in [-0.25, -0.2) is 9.40 Å². The molecule has 29 heavy (non-hydrogen) atoms. The number of para-hydroxylation sites is 1. The maximum absolute atomic E-state index is 14.0. The van der Waals surface area contributed by atoms with Crippen molar-refractivity contribution in [3.05, 3.63) is 72.1 Å². The van der Waals surface area contributed by atoms with Crippen molar-refractivity contribution >= 4 is 23.2 Å². The molecule has 2 aliphatic rings. The quantitative estimate of drug-likeness (QED) is 0.864. The lowest BCUT2D eigenvalue weighted by molar-refractivity contribution is -0.142. The summed E-state index contributed by atoms with van der Waals surface area (Å²) in [6.07, 6.45) is 2.09. The first-order chi connectivity index (χ1) is 14.1. The van der Waals surface area contributed by atoms with Gasteiger partial charge in [0, 0.05) is 32.6 Å². The Hall–Kier alpha value is -3.35. The first-order valence-electron chi connectivity index (χ1n) is 9.71. The van der Waals surface area contributed by atoms with Gasteiger partial charge in [0.1, 0.15) is 12.4 Å². The van der Waals surface area contributed by atoms with Crippen molar-refractivity contribution in [1.29, 1.82) is 0 Å². The molecule has 1 fully saturated rings. The highest BCUT2D eigenvalue weighted by Gasteiger charge is 2.27. The Labute approximate surface area is 169 Å². The third kappa shape index (κ3) is 4.23. The van der Waals surface area contributed by atoms with Gasteiger partial charge in [-0.15, -0.1) is 0 Å². The number of hydrazine groups is 1. The number of benzene rings is 2. The summed E-state index contributed by atoms with van der Waals surface area (Å²) in [5.74, 6) is -0.507. The van der Waals surface area contributed by atoms with Gasteiger partial charge in [0.2, 0.25) is 11.8 Å². The van der Waals surface area contributed by atoms with Crippen LogP contribution in [0.5, 0.6) is 0 Å². The number of nitrogens with zero attached hydrogens (tertiary/aromatic N) is 3. The molecule has 2 aromatic rings. The number of nitrogens with one attached hydrogen (secondary N) is 1. The number of anilines is 1. The van der Waals surface area contributed by atoms with Crippen LogP contribution in [-0.4, -0.2) is 54.4 Å². The van der Waals surface area contributed by atoms with Crippen molar-refractivity contribution in [3.8, 4) is 0 Å². The molecule has 150 valence electrons. The predicted octanol–water partition coefficient (Wildman–Crippen LogP) is 2.25. The van der Waals surface area contributed by atoms with Crippen LogP contribution in [0.15, 0.2) is 60.7 Å². The summed E-state index contributed by atoms with van der Waals surface area (Å²) in [6.45, 7) is 2.09. The summed E-state index contributed by atoms with van der Waals surface area (Å²) in [5, 5.41) is 1.38. The number of piperazine rings is 1. The van der Waals surface area contributed by atoms with Gasteiger partial charge in [-0.05, 0) is 23.8 Å². The van der Waals surface area contributed by atoms with E-state index in [2.05, 4.69) is 5.43 Å². The van der Waals surface area contributed by atoms with Crippen molar-refractivity contribution in [2.75, 3.05) is 37.6 Å². The molecular formula is C22H23FN4O2. The Balaban J connectivity index is 1.34. The minimum Gasteiger partial charge on any atom is -0.366 e. The highest BCUT2D eigenvalue weighted by Crippen LogP contribution is 2.21. The molecule has 0 spiro atoms. The third-order valence-corrected chi connectivity index (χ3v) is 5.24. The number of hydrogen-bond acceptors (Lipinski definition) is 4. The average molecular weight is 394 g/mol. The zero-order chi connectivity index (χ0) is 20.2. The molecule has 7 heteroatoms. The number of rotatable bonds is 4. The van der Waals surface area contributed by atoms with E-state index in [1.54, 1.807) is 23.1 Å². The van der Waals surface area contributed by atoms with Gasteiger partial charge in [0.05, 0.1) is 11.4 Å². The molecule has 1 saturated heterocycles. The molecule has 0 bridgehead atoms. The van der Waals surface area contributed by atoms with E-state index in [4.69, 9.17) is 0 Å². The Morgan fingerprint density at radius 2 is 1.66 bits per heavy atom. The van der Waals surface area contributed by atoms with Gasteiger partial charge in [0.15, 0.2) is 0 Å². The number of carbonyl (C=O) groups excluding carboxylic acids is 2. The molecule has 4 rings (SSSR count). The summed E-state index contributed by atoms with van der Waals surface area (Å²) < 4.78 is 14.0. The molecule has 0 aromatic heterocycles. The average Bonchev–Trinajstić information content (AvgIpc) is 2.76. The maximum atomic E-state index is 14.0. The number of halogens is 1. The van der Waals surface area contributed by atoms with E-state index in [1.165, 1.54) is 11.1 Å². The van der Waals surface area contributed by atoms with Gasteiger partial charge in [-0.2, -0.15) is 0 Å². The first kappa shape index (κ1) is 19.0. The molecule has 2 aliphatic heterocycles. The molecule has 2 aromatic carbocycles. The molecule has 0 saturated carbocycles. The normalized spacial score (nSPS) is 17.1. The largest absolute Gasteiger partial charge is 0.366 e. The molecule has 1 N–H and O–H groups in total. The van der Waals surface area contributed by atoms with Gasteiger partial charge >= 0.3 is 0 Å². The first-order valence-corrected chi connectivity index (χ1v) is 9.71. The van der Waals surface area contributed by atoms with E-state index in [1.807, 2.05) is 41.3 Å². The van der Waals surface area contributed by atoms with Crippen LogP contribution in [0.1, 0.15) is 12.0 Å². The summed E-state index contributed by atoms with van der Waals surface area (Å²) >= 11 is 0. The minimum absolute atomic E-state index is 0.0251. The fraction of sp³-hybridized carbons (Fsp3) is 0.273. The number of carbonyl (C=O) groups is 2. The van der Waals surface area contributed by atoms with Gasteiger partial charge in [-0.3, -0.25) is 15.0 Å². The van der Waals surface area contributed by atoms with Crippen molar-refractivity contribution in [3.63, 3.8) is 0 Å². The van der Waals surface area contributed by atoms with Crippen LogP contribution in [0.4, 0.5) is 10.1 Å². The SMILES string of the molecule is O=C(CN1NC(c2ccccc2)=CCC1=O)N1CCN(c2ccccc2F)CC1. The summed E-state index contributed by atoms with van der Waals surface area (Å²) in [6, 6.07) is 16.4. The molecule has 0 atom stereocenters. The molecule has 0 unspecified atom stereocenters. The van der Waals surface area contributed by atoms with Crippen molar-refractivity contribution in [2.45, 2.75) is 6.42 Å². The summed E-state index contributed by atoms with van der Waals surface area (Å²) in [4.78, 5) is 28.7. The van der Waals surface area contributed by atoms with Crippen LogP contribution in [0.25, 0.3) is 5.70 Å². The minimum atomic E-state index is -0.254. The zero-order valence-electron chi connectivity index (χ0n) is 16.1. The van der Waals surface area contributed by atoms with Crippen LogP contribution in [-0.2, 0) is 9.59 Å². The monoisotopic (exact) mass is 394 g/mol. The maximum Gasteiger partial charge on any atom is 0.245 e. The van der Waals surface area contributed by atoms with Gasteiger partial charge in [0.25, 0.3) is 0 Å². The van der Waals surface area contributed by atoms with Crippen LogP contribution in [0.2, 0.25) is 0 Å². The van der Waals surface area contributed by atoms with E-state index in [-0.39, 0.29) is 30.6 Å². The molecule has 2 amide bonds. The van der Waals surface area contributed by atoms with Crippen LogP contribution in [0.3, 0.4) is 0 Å². The van der Waals surface area contributed by atoms with E-state index in [0.717, 1.165) is 11.3 Å². The third-order valence-electron chi connectivity index (χ3n) is 5.24. The summed E-state index contributed by atoms with van der Waals surface area (Å²) in [7, 11) is 0. The van der Waals surface area contributed by atoms with E-state index >= 15 is 0 Å². The Morgan fingerprint density at radius 1 is 0.966 bits per heavy atom. The van der Waals surface area contributed by atoms with E-state index in [0.29, 0.717) is 31.9 Å². The Morgan fingerprint density at radius 3 is 2.38 bits per heavy atom. The summed E-state index contributed by atoms with van der Waals surface area (Å²) in [5.41, 5.74) is 5.42. The number of hydrogen-bond donors (Lipinski definition) is 1. The van der Waals surface area contributed by atoms with Crippen molar-refractivity contribution in [2.24, 2.45) is 0 Å². The molecule has 2 heterocycles. The van der Waals surface area contributed by atoms with Gasteiger partial charge in [-0.1, -0.05) is 42.5 Å². The van der Waals surface area contributed by atoms with Crippen molar-refractivity contribution < 1.29 is 14.0 Å². The second-order valence-electron chi connectivity index (χ2n) is 7.10. The lowest BCUT2D eigenvalue weighted by Crippen LogP contribution is -2.54. The smallest absolute Gasteiger partial charge is 0.245 e. The highest BCUT2D eigenvalue weighted by molar-refractivity contribution is 5.88. The van der Waals surface area contributed by atoms with Crippen LogP contribution in [0, 0.1) is 5.82 Å². The zero-order valence-corrected chi connectivity index (χ0v) is 16.1. The second-order valence-corrected chi connectivity index (χ2v) is 7.10. The second kappa shape index (κ2) is 8.34. The molecule has 0 aliphatic carbocycles. The predicted molar refractivity (Wildman–Crippen MR) is 109 cm³/mol. The molecule has 0 radical (unpaired) electrons. The lowest BCUT2D eigenvalue weighted by atomic mass is 10.1. The van der Waals surface area contributed by atoms with Crippen LogP contribution < -0.4 is 10.3 Å². The highest BCUT2D eigenvalue weighted by atomic mass is 19.1. The topological polar surface area (TPSA) is 55.9 Å². The molecular weight excluding hydrogens is 371 g/mol.